The van der Waals surface area contributed by atoms with Crippen LogP contribution in [0.5, 0.6) is 0 Å². The number of aliphatic hydroxyl groups is 1. The number of aromatic nitrogens is 1. The van der Waals surface area contributed by atoms with E-state index in [1.165, 1.54) is 24.6 Å². The molecule has 0 spiro atoms. The average molecular weight is 267 g/mol. The van der Waals surface area contributed by atoms with Gasteiger partial charge in [0.2, 0.25) is 0 Å². The van der Waals surface area contributed by atoms with Gasteiger partial charge in [-0.15, -0.1) is 11.3 Å². The molecule has 0 fully saturated rings. The Balaban J connectivity index is 2.46. The molecule has 1 heterocycles. The lowest BCUT2D eigenvalue weighted by molar-refractivity contribution is -0.487. The highest BCUT2D eigenvalue weighted by atomic mass is 35.5. The highest BCUT2D eigenvalue weighted by molar-refractivity contribution is 7.15. The van der Waals surface area contributed by atoms with Crippen molar-refractivity contribution in [1.82, 2.24) is 10.0 Å². The molecule has 10 heteroatoms. The molecule has 0 radical (unpaired) electrons. The van der Waals surface area contributed by atoms with E-state index in [9.17, 15) is 10.1 Å². The molecule has 0 atom stereocenters. The Morgan fingerprint density at radius 3 is 3.12 bits per heavy atom. The number of nitro groups is 1. The smallest absolute Gasteiger partial charge is 0.383 e. The predicted molar refractivity (Wildman–Crippen MR) is 56.7 cm³/mol. The fourth-order valence-corrected chi connectivity index (χ4v) is 1.59. The summed E-state index contributed by atoms with van der Waals surface area (Å²) in [5, 5.41) is 21.4. The Bertz CT molecular complexity index is 409. The van der Waals surface area contributed by atoms with Crippen molar-refractivity contribution in [2.75, 3.05) is 7.05 Å². The summed E-state index contributed by atoms with van der Waals surface area (Å²) in [4.78, 5) is 19.4. The fraction of sp³-hybridized carbons (Fsp3) is 0.333. The zero-order valence-electron chi connectivity index (χ0n) is 8.03. The number of rotatable bonds is 4. The molecular formula is C6H7ClN4O4S. The van der Waals surface area contributed by atoms with Gasteiger partial charge < -0.3 is 5.11 Å². The topological polar surface area (TPSA) is 101 Å². The number of amidine groups is 1. The second-order valence-electron chi connectivity index (χ2n) is 2.49. The third-order valence-electron chi connectivity index (χ3n) is 1.38. The van der Waals surface area contributed by atoms with Gasteiger partial charge in [0, 0.05) is 13.2 Å². The van der Waals surface area contributed by atoms with Crippen LogP contribution in [0, 0.1) is 10.1 Å². The maximum absolute atomic E-state index is 9.94. The lowest BCUT2D eigenvalue weighted by Crippen LogP contribution is -2.27. The minimum atomic E-state index is -1.03. The van der Waals surface area contributed by atoms with Gasteiger partial charge in [-0.1, -0.05) is 11.6 Å². The van der Waals surface area contributed by atoms with Crippen LogP contribution in [0.3, 0.4) is 0 Å². The first-order valence-corrected chi connectivity index (χ1v) is 5.07. The molecule has 1 aromatic heterocycles. The minimum absolute atomic E-state index is 0.0815. The number of hydrogen-bond donors (Lipinski definition) is 1. The molecule has 0 aliphatic heterocycles. The number of hydrogen-bond acceptors (Lipinski definition) is 5. The van der Waals surface area contributed by atoms with E-state index in [0.29, 0.717) is 9.34 Å². The molecule has 1 rings (SSSR count). The Morgan fingerprint density at radius 1 is 1.94 bits per heavy atom. The molecule has 0 aromatic carbocycles. The van der Waals surface area contributed by atoms with E-state index in [1.807, 2.05) is 0 Å². The molecule has 8 nitrogen and oxygen atoms in total. The van der Waals surface area contributed by atoms with E-state index in [1.54, 1.807) is 0 Å². The number of hydrazone groups is 1. The van der Waals surface area contributed by atoms with Gasteiger partial charge in [-0.2, -0.15) is 0 Å². The second kappa shape index (κ2) is 5.58. The SMILES string of the molecule is CN(OCc1cnc(Cl)s1)C(O)=N[N+](=O)[O-]. The van der Waals surface area contributed by atoms with E-state index >= 15 is 0 Å². The Morgan fingerprint density at radius 2 is 2.62 bits per heavy atom. The van der Waals surface area contributed by atoms with Crippen molar-refractivity contribution in [3.63, 3.8) is 0 Å². The summed E-state index contributed by atoms with van der Waals surface area (Å²) in [6.45, 7) is 0.0815. The zero-order chi connectivity index (χ0) is 12.1. The van der Waals surface area contributed by atoms with E-state index in [-0.39, 0.29) is 6.61 Å². The normalized spacial score (nSPS) is 11.5. The molecule has 1 N–H and O–H groups in total. The van der Waals surface area contributed by atoms with Gasteiger partial charge >= 0.3 is 6.02 Å². The number of halogens is 1. The first kappa shape index (κ1) is 12.6. The van der Waals surface area contributed by atoms with Crippen molar-refractivity contribution >= 4 is 29.0 Å². The van der Waals surface area contributed by atoms with E-state index in [2.05, 4.69) is 10.1 Å². The van der Waals surface area contributed by atoms with Gasteiger partial charge in [-0.25, -0.2) is 20.2 Å². The molecular weight excluding hydrogens is 260 g/mol. The van der Waals surface area contributed by atoms with Crippen molar-refractivity contribution in [1.29, 1.82) is 0 Å². The molecule has 0 aliphatic rings. The standard InChI is InChI=1S/C6H7ClN4O4S/c1-10(6(12)9-11(13)14)15-3-4-2-8-5(7)16-4/h2H,3H2,1H3,(H,9,12). The quantitative estimate of drug-likeness (QED) is 0.381. The molecule has 88 valence electrons. The molecule has 0 amide bonds. The van der Waals surface area contributed by atoms with Crippen molar-refractivity contribution in [3.8, 4) is 0 Å². The van der Waals surface area contributed by atoms with Crippen LogP contribution in [0.2, 0.25) is 4.47 Å². The predicted octanol–water partition coefficient (Wildman–Crippen LogP) is 1.27. The zero-order valence-corrected chi connectivity index (χ0v) is 9.60. The highest BCUT2D eigenvalue weighted by Gasteiger charge is 2.10. The fourth-order valence-electron chi connectivity index (χ4n) is 0.705. The van der Waals surface area contributed by atoms with Crippen molar-refractivity contribution in [2.24, 2.45) is 5.10 Å². The molecule has 1 aromatic rings. The van der Waals surface area contributed by atoms with Crippen LogP contribution in [0.4, 0.5) is 0 Å². The summed E-state index contributed by atoms with van der Waals surface area (Å²) in [6, 6.07) is -0.847. The minimum Gasteiger partial charge on any atom is -0.475 e. The number of nitrogens with zero attached hydrogens (tertiary/aromatic N) is 4. The third kappa shape index (κ3) is 3.96. The van der Waals surface area contributed by atoms with Gasteiger partial charge in [-0.05, 0) is 0 Å². The summed E-state index contributed by atoms with van der Waals surface area (Å²) in [7, 11) is 1.28. The first-order chi connectivity index (χ1) is 7.49. The maximum atomic E-state index is 9.94. The Labute approximate surface area is 98.8 Å². The van der Waals surface area contributed by atoms with Gasteiger partial charge in [0.25, 0.3) is 0 Å². The van der Waals surface area contributed by atoms with E-state index in [0.717, 1.165) is 5.06 Å². The van der Waals surface area contributed by atoms with Crippen molar-refractivity contribution in [2.45, 2.75) is 6.61 Å². The average Bonchev–Trinajstić information content (AvgIpc) is 2.59. The number of aliphatic hydroxyl groups excluding tert-OH is 1. The summed E-state index contributed by atoms with van der Waals surface area (Å²) in [5.74, 6) is 0. The van der Waals surface area contributed by atoms with Crippen LogP contribution in [0.15, 0.2) is 11.3 Å². The molecule has 0 aliphatic carbocycles. The molecule has 0 saturated heterocycles. The van der Waals surface area contributed by atoms with Gasteiger partial charge in [0.15, 0.2) is 9.50 Å². The second-order valence-corrected chi connectivity index (χ2v) is 4.19. The lowest BCUT2D eigenvalue weighted by atomic mass is 10.6. The van der Waals surface area contributed by atoms with Gasteiger partial charge in [-0.3, -0.25) is 4.84 Å². The van der Waals surface area contributed by atoms with Crippen LogP contribution < -0.4 is 0 Å². The first-order valence-electron chi connectivity index (χ1n) is 3.88. The third-order valence-corrected chi connectivity index (χ3v) is 2.47. The van der Waals surface area contributed by atoms with Crippen molar-refractivity contribution < 1.29 is 15.0 Å². The van der Waals surface area contributed by atoms with Gasteiger partial charge in [0.1, 0.15) is 11.7 Å². The molecule has 16 heavy (non-hydrogen) atoms. The summed E-state index contributed by atoms with van der Waals surface area (Å²) in [5.41, 5.74) is 0. The monoisotopic (exact) mass is 266 g/mol. The number of thiazole rings is 1. The molecule has 0 bridgehead atoms. The largest absolute Gasteiger partial charge is 0.475 e. The van der Waals surface area contributed by atoms with Gasteiger partial charge in [0.05, 0.1) is 4.88 Å². The molecule has 0 unspecified atom stereocenters. The maximum Gasteiger partial charge on any atom is 0.383 e. The van der Waals surface area contributed by atoms with Crippen LogP contribution in [0.25, 0.3) is 0 Å². The van der Waals surface area contributed by atoms with E-state index < -0.39 is 11.1 Å². The van der Waals surface area contributed by atoms with Crippen LogP contribution in [-0.2, 0) is 11.4 Å². The van der Waals surface area contributed by atoms with Crippen molar-refractivity contribution in [3.05, 3.63) is 25.7 Å². The summed E-state index contributed by atoms with van der Waals surface area (Å²) in [6.07, 6.45) is 1.50. The summed E-state index contributed by atoms with van der Waals surface area (Å²) < 4.78 is 0.365. The molecule has 0 saturated carbocycles. The van der Waals surface area contributed by atoms with Crippen LogP contribution >= 0.6 is 22.9 Å². The summed E-state index contributed by atoms with van der Waals surface area (Å²) >= 11 is 6.79. The van der Waals surface area contributed by atoms with Crippen LogP contribution in [-0.4, -0.2) is 33.3 Å². The van der Waals surface area contributed by atoms with E-state index in [4.69, 9.17) is 21.5 Å². The Hall–Kier alpha value is -1.45. The van der Waals surface area contributed by atoms with Crippen LogP contribution in [0.1, 0.15) is 4.88 Å². The highest BCUT2D eigenvalue weighted by Crippen LogP contribution is 2.18. The number of hydroxylamine groups is 2. The Kier molecular flexibility index (Phi) is 4.40. The lowest BCUT2D eigenvalue weighted by Gasteiger charge is -2.12.